The van der Waals surface area contributed by atoms with Crippen LogP contribution in [0.25, 0.3) is 0 Å². The molecule has 1 aliphatic rings. The van der Waals surface area contributed by atoms with Gasteiger partial charge in [-0.25, -0.2) is 4.98 Å². The number of nitrogens with zero attached hydrogens (tertiary/aromatic N) is 3. The summed E-state index contributed by atoms with van der Waals surface area (Å²) in [6.07, 6.45) is 0.697. The number of hydrogen-bond donors (Lipinski definition) is 1. The van der Waals surface area contributed by atoms with Crippen molar-refractivity contribution < 1.29 is 19.4 Å². The first kappa shape index (κ1) is 24.6. The van der Waals surface area contributed by atoms with Crippen molar-refractivity contribution in [2.75, 3.05) is 27.2 Å². The molecule has 0 fully saturated rings. The molecule has 1 unspecified atom stereocenters. The highest BCUT2D eigenvalue weighted by Gasteiger charge is 2.44. The average molecular weight is 492 g/mol. The molecule has 1 aromatic heterocycles. The van der Waals surface area contributed by atoms with Crippen LogP contribution in [0.5, 0.6) is 11.5 Å². The third-order valence-electron chi connectivity index (χ3n) is 5.82. The Labute approximate surface area is 209 Å². The van der Waals surface area contributed by atoms with Crippen molar-refractivity contribution in [3.63, 3.8) is 0 Å². The molecule has 1 aliphatic heterocycles. The molecule has 1 amide bonds. The highest BCUT2D eigenvalue weighted by Crippen LogP contribution is 2.41. The molecular weight excluding hydrogens is 462 g/mol. The largest absolute Gasteiger partial charge is 0.503 e. The minimum absolute atomic E-state index is 0.0865. The standard InChI is InChI=1S/C27H29N3O4S/c1-17-26(35-18(2)28-17)24(31)22-23(30(27(33)25(22)32)15-9-14-29(3)4)19-10-8-13-21(16-19)34-20-11-6-5-7-12-20/h5-8,10-13,16,23,32H,9,14-15H2,1-4H3. The number of rotatable bonds is 9. The van der Waals surface area contributed by atoms with Gasteiger partial charge < -0.3 is 19.6 Å². The Morgan fingerprint density at radius 2 is 1.83 bits per heavy atom. The van der Waals surface area contributed by atoms with Gasteiger partial charge in [-0.3, -0.25) is 9.59 Å². The molecule has 0 spiro atoms. The number of para-hydroxylation sites is 1. The number of ketones is 1. The second-order valence-corrected chi connectivity index (χ2v) is 9.99. The number of aromatic nitrogens is 1. The molecule has 0 aliphatic carbocycles. The molecule has 0 bridgehead atoms. The number of hydrogen-bond acceptors (Lipinski definition) is 7. The number of benzene rings is 2. The first-order chi connectivity index (χ1) is 16.8. The topological polar surface area (TPSA) is 83.0 Å². The average Bonchev–Trinajstić information content (AvgIpc) is 3.29. The first-order valence-corrected chi connectivity index (χ1v) is 12.3. The molecule has 0 saturated heterocycles. The summed E-state index contributed by atoms with van der Waals surface area (Å²) < 4.78 is 6.00. The summed E-state index contributed by atoms with van der Waals surface area (Å²) in [7, 11) is 3.93. The van der Waals surface area contributed by atoms with Gasteiger partial charge in [0, 0.05) is 6.54 Å². The zero-order valence-corrected chi connectivity index (χ0v) is 21.1. The second-order valence-electron chi connectivity index (χ2n) is 8.78. The zero-order valence-electron chi connectivity index (χ0n) is 20.3. The normalized spacial score (nSPS) is 15.9. The van der Waals surface area contributed by atoms with E-state index in [0.717, 1.165) is 11.6 Å². The molecule has 2 aromatic carbocycles. The van der Waals surface area contributed by atoms with Gasteiger partial charge in [0.25, 0.3) is 5.91 Å². The Balaban J connectivity index is 1.74. The van der Waals surface area contributed by atoms with E-state index in [1.54, 1.807) is 11.8 Å². The fourth-order valence-corrected chi connectivity index (χ4v) is 5.13. The summed E-state index contributed by atoms with van der Waals surface area (Å²) in [4.78, 5) is 35.3. The van der Waals surface area contributed by atoms with Crippen molar-refractivity contribution in [1.82, 2.24) is 14.8 Å². The van der Waals surface area contributed by atoms with E-state index in [4.69, 9.17) is 4.74 Å². The molecule has 7 nitrogen and oxygen atoms in total. The van der Waals surface area contributed by atoms with Crippen molar-refractivity contribution in [2.24, 2.45) is 0 Å². The van der Waals surface area contributed by atoms with Crippen LogP contribution in [-0.2, 0) is 4.79 Å². The molecule has 0 saturated carbocycles. The zero-order chi connectivity index (χ0) is 25.1. The van der Waals surface area contributed by atoms with Crippen LogP contribution in [0.3, 0.4) is 0 Å². The number of thiazole rings is 1. The van der Waals surface area contributed by atoms with Crippen LogP contribution >= 0.6 is 11.3 Å². The van der Waals surface area contributed by atoms with Crippen LogP contribution in [0, 0.1) is 13.8 Å². The second kappa shape index (κ2) is 10.4. The number of aryl methyl sites for hydroxylation is 2. The van der Waals surface area contributed by atoms with Crippen molar-refractivity contribution in [1.29, 1.82) is 0 Å². The third kappa shape index (κ3) is 5.28. The quantitative estimate of drug-likeness (QED) is 0.420. The van der Waals surface area contributed by atoms with E-state index >= 15 is 0 Å². The van der Waals surface area contributed by atoms with Crippen LogP contribution in [0.15, 0.2) is 65.9 Å². The maximum atomic E-state index is 13.7. The van der Waals surface area contributed by atoms with Crippen LogP contribution in [-0.4, -0.2) is 58.8 Å². The van der Waals surface area contributed by atoms with Crippen molar-refractivity contribution in [3.05, 3.63) is 87.1 Å². The van der Waals surface area contributed by atoms with Crippen LogP contribution in [0.4, 0.5) is 0 Å². The minimum Gasteiger partial charge on any atom is -0.503 e. The fourth-order valence-electron chi connectivity index (χ4n) is 4.26. The molecule has 2 heterocycles. The van der Waals surface area contributed by atoms with Gasteiger partial charge in [0.2, 0.25) is 5.78 Å². The number of aliphatic hydroxyl groups excluding tert-OH is 1. The number of Topliss-reactive ketones (excluding diaryl/α,β-unsaturated/α-hetero) is 1. The van der Waals surface area contributed by atoms with Gasteiger partial charge in [-0.05, 0) is 70.7 Å². The Bertz CT molecular complexity index is 1270. The monoisotopic (exact) mass is 491 g/mol. The SMILES string of the molecule is Cc1nc(C)c(C(=O)C2=C(O)C(=O)N(CCCN(C)C)C2c2cccc(Oc3ccccc3)c2)s1. The van der Waals surface area contributed by atoms with Gasteiger partial charge in [0.15, 0.2) is 5.76 Å². The van der Waals surface area contributed by atoms with E-state index in [1.165, 1.54) is 11.3 Å². The third-order valence-corrected chi connectivity index (χ3v) is 6.89. The van der Waals surface area contributed by atoms with E-state index in [-0.39, 0.29) is 11.4 Å². The van der Waals surface area contributed by atoms with Crippen LogP contribution in [0.1, 0.15) is 38.4 Å². The molecule has 182 valence electrons. The van der Waals surface area contributed by atoms with Gasteiger partial charge in [0.1, 0.15) is 11.5 Å². The first-order valence-electron chi connectivity index (χ1n) is 11.5. The number of amides is 1. The van der Waals surface area contributed by atoms with Gasteiger partial charge in [-0.15, -0.1) is 11.3 Å². The highest BCUT2D eigenvalue weighted by molar-refractivity contribution is 7.14. The summed E-state index contributed by atoms with van der Waals surface area (Å²) in [6.45, 7) is 4.76. The number of ether oxygens (including phenoxy) is 1. The maximum Gasteiger partial charge on any atom is 0.290 e. The maximum absolute atomic E-state index is 13.7. The molecule has 1 N–H and O–H groups in total. The summed E-state index contributed by atoms with van der Waals surface area (Å²) in [5.74, 6) is -0.138. The molecule has 1 atom stereocenters. The van der Waals surface area contributed by atoms with Gasteiger partial charge in [0.05, 0.1) is 27.2 Å². The van der Waals surface area contributed by atoms with Gasteiger partial charge >= 0.3 is 0 Å². The predicted molar refractivity (Wildman–Crippen MR) is 136 cm³/mol. The summed E-state index contributed by atoms with van der Waals surface area (Å²) in [6, 6.07) is 16.0. The highest BCUT2D eigenvalue weighted by atomic mass is 32.1. The Morgan fingerprint density at radius 3 is 2.49 bits per heavy atom. The van der Waals surface area contributed by atoms with Crippen LogP contribution < -0.4 is 4.74 Å². The molecule has 35 heavy (non-hydrogen) atoms. The summed E-state index contributed by atoms with van der Waals surface area (Å²) in [5, 5.41) is 11.7. The molecule has 8 heteroatoms. The number of carbonyl (C=O) groups is 2. The van der Waals surface area contributed by atoms with Crippen molar-refractivity contribution in [3.8, 4) is 11.5 Å². The lowest BCUT2D eigenvalue weighted by molar-refractivity contribution is -0.129. The van der Waals surface area contributed by atoms with E-state index < -0.39 is 17.7 Å². The lowest BCUT2D eigenvalue weighted by Gasteiger charge is -2.27. The molecular formula is C27H29N3O4S. The predicted octanol–water partition coefficient (Wildman–Crippen LogP) is 5.08. The Hall–Kier alpha value is -3.49. The van der Waals surface area contributed by atoms with E-state index in [2.05, 4.69) is 4.98 Å². The lowest BCUT2D eigenvalue weighted by atomic mass is 9.95. The summed E-state index contributed by atoms with van der Waals surface area (Å²) in [5.41, 5.74) is 1.38. The number of carbonyl (C=O) groups excluding carboxylic acids is 2. The molecule has 4 rings (SSSR count). The van der Waals surface area contributed by atoms with Gasteiger partial charge in [-0.2, -0.15) is 0 Å². The molecule has 3 aromatic rings. The minimum atomic E-state index is -0.724. The lowest BCUT2D eigenvalue weighted by Crippen LogP contribution is -2.33. The molecule has 0 radical (unpaired) electrons. The Kier molecular flexibility index (Phi) is 7.33. The Morgan fingerprint density at radius 1 is 1.11 bits per heavy atom. The van der Waals surface area contributed by atoms with Crippen molar-refractivity contribution in [2.45, 2.75) is 26.3 Å². The van der Waals surface area contributed by atoms with E-state index in [9.17, 15) is 14.7 Å². The van der Waals surface area contributed by atoms with E-state index in [1.807, 2.05) is 80.5 Å². The fraction of sp³-hybridized carbons (Fsp3) is 0.296. The summed E-state index contributed by atoms with van der Waals surface area (Å²) >= 11 is 1.27. The van der Waals surface area contributed by atoms with Crippen molar-refractivity contribution >= 4 is 23.0 Å². The van der Waals surface area contributed by atoms with Gasteiger partial charge in [-0.1, -0.05) is 30.3 Å². The smallest absolute Gasteiger partial charge is 0.290 e. The van der Waals surface area contributed by atoms with E-state index in [0.29, 0.717) is 40.6 Å². The number of aliphatic hydroxyl groups is 1. The van der Waals surface area contributed by atoms with Crippen LogP contribution in [0.2, 0.25) is 0 Å².